The summed E-state index contributed by atoms with van der Waals surface area (Å²) < 4.78 is 18.6. The van der Waals surface area contributed by atoms with Gasteiger partial charge in [-0.05, 0) is 67.6 Å². The third-order valence-electron chi connectivity index (χ3n) is 4.30. The Balaban J connectivity index is 1.85. The minimum Gasteiger partial charge on any atom is -0.496 e. The van der Waals surface area contributed by atoms with Crippen LogP contribution in [0.25, 0.3) is 0 Å². The van der Waals surface area contributed by atoms with Crippen LogP contribution in [0.5, 0.6) is 5.75 Å². The van der Waals surface area contributed by atoms with Gasteiger partial charge in [-0.25, -0.2) is 9.82 Å². The minimum absolute atomic E-state index is 0.251. The van der Waals surface area contributed by atoms with Crippen molar-refractivity contribution in [1.82, 2.24) is 5.43 Å². The van der Waals surface area contributed by atoms with Gasteiger partial charge in [0.05, 0.1) is 12.8 Å². The number of carbonyl (C=O) groups is 1. The Hall–Kier alpha value is -2.69. The lowest BCUT2D eigenvalue weighted by Gasteiger charge is -2.21. The summed E-state index contributed by atoms with van der Waals surface area (Å²) in [6, 6.07) is 9.46. The number of halogens is 1. The van der Waals surface area contributed by atoms with E-state index in [4.69, 9.17) is 4.74 Å². The van der Waals surface area contributed by atoms with Gasteiger partial charge in [0.2, 0.25) is 0 Å². The van der Waals surface area contributed by atoms with Crippen LogP contribution in [0.2, 0.25) is 0 Å². The van der Waals surface area contributed by atoms with E-state index in [1.54, 1.807) is 13.2 Å². The molecule has 1 aliphatic carbocycles. The Morgan fingerprint density at radius 3 is 2.83 bits per heavy atom. The quantitative estimate of drug-likeness (QED) is 0.876. The molecule has 2 aromatic carbocycles. The van der Waals surface area contributed by atoms with Crippen LogP contribution in [0.4, 0.5) is 4.39 Å². The molecule has 0 radical (unpaired) electrons. The van der Waals surface area contributed by atoms with Crippen LogP contribution in [0.15, 0.2) is 41.5 Å². The van der Waals surface area contributed by atoms with E-state index in [1.807, 2.05) is 19.1 Å². The predicted molar refractivity (Wildman–Crippen MR) is 91.1 cm³/mol. The fourth-order valence-corrected chi connectivity index (χ4v) is 3.04. The van der Waals surface area contributed by atoms with E-state index in [2.05, 4.69) is 10.5 Å². The molecule has 0 atom stereocenters. The lowest BCUT2D eigenvalue weighted by Crippen LogP contribution is -2.22. The average Bonchev–Trinajstić information content (AvgIpc) is 2.60. The van der Waals surface area contributed by atoms with Gasteiger partial charge in [0, 0.05) is 11.1 Å². The van der Waals surface area contributed by atoms with Crippen molar-refractivity contribution in [1.29, 1.82) is 0 Å². The number of ether oxygens (including phenoxy) is 1. The Labute approximate surface area is 140 Å². The van der Waals surface area contributed by atoms with Gasteiger partial charge in [0.15, 0.2) is 0 Å². The van der Waals surface area contributed by atoms with E-state index in [0.29, 0.717) is 0 Å². The summed E-state index contributed by atoms with van der Waals surface area (Å²) in [6.07, 6.45) is 2.73. The van der Waals surface area contributed by atoms with E-state index in [0.717, 1.165) is 41.9 Å². The molecule has 0 spiro atoms. The molecule has 4 nitrogen and oxygen atoms in total. The molecule has 1 amide bonds. The SMILES string of the molecule is COc1ccc2c(c1C)CCCC2=NNC(=O)c1cccc(F)c1. The van der Waals surface area contributed by atoms with Crippen LogP contribution in [-0.4, -0.2) is 18.7 Å². The first-order valence-electron chi connectivity index (χ1n) is 7.89. The molecule has 1 aliphatic rings. The summed E-state index contributed by atoms with van der Waals surface area (Å²) in [7, 11) is 1.66. The molecule has 0 bridgehead atoms. The van der Waals surface area contributed by atoms with Crippen molar-refractivity contribution in [3.8, 4) is 5.75 Å². The number of fused-ring (bicyclic) bond motifs is 1. The van der Waals surface area contributed by atoms with Crippen LogP contribution in [0, 0.1) is 12.7 Å². The highest BCUT2D eigenvalue weighted by Crippen LogP contribution is 2.30. The highest BCUT2D eigenvalue weighted by molar-refractivity contribution is 6.04. The zero-order valence-corrected chi connectivity index (χ0v) is 13.7. The maximum atomic E-state index is 13.2. The molecule has 24 heavy (non-hydrogen) atoms. The zero-order valence-electron chi connectivity index (χ0n) is 13.7. The third kappa shape index (κ3) is 3.15. The Morgan fingerprint density at radius 2 is 2.08 bits per heavy atom. The summed E-state index contributed by atoms with van der Waals surface area (Å²) in [5.74, 6) is -0.000752. The lowest BCUT2D eigenvalue weighted by atomic mass is 9.87. The van der Waals surface area contributed by atoms with Gasteiger partial charge in [-0.1, -0.05) is 6.07 Å². The number of nitrogens with one attached hydrogen (secondary N) is 1. The van der Waals surface area contributed by atoms with Crippen molar-refractivity contribution >= 4 is 11.6 Å². The second-order valence-corrected chi connectivity index (χ2v) is 5.78. The maximum Gasteiger partial charge on any atom is 0.271 e. The maximum absolute atomic E-state index is 13.2. The number of amides is 1. The number of methoxy groups -OCH3 is 1. The second-order valence-electron chi connectivity index (χ2n) is 5.78. The molecule has 3 rings (SSSR count). The van der Waals surface area contributed by atoms with E-state index in [-0.39, 0.29) is 5.56 Å². The molecule has 1 N–H and O–H groups in total. The van der Waals surface area contributed by atoms with Crippen molar-refractivity contribution in [3.05, 3.63) is 64.5 Å². The van der Waals surface area contributed by atoms with E-state index >= 15 is 0 Å². The summed E-state index contributed by atoms with van der Waals surface area (Å²) in [6.45, 7) is 2.03. The van der Waals surface area contributed by atoms with Gasteiger partial charge in [-0.3, -0.25) is 4.79 Å². The molecule has 0 aliphatic heterocycles. The molecular formula is C19H19FN2O2. The van der Waals surface area contributed by atoms with Gasteiger partial charge < -0.3 is 4.74 Å². The molecular weight excluding hydrogens is 307 g/mol. The predicted octanol–water partition coefficient (Wildman–Crippen LogP) is 3.61. The van der Waals surface area contributed by atoms with Gasteiger partial charge in [-0.2, -0.15) is 5.10 Å². The van der Waals surface area contributed by atoms with Crippen molar-refractivity contribution in [2.45, 2.75) is 26.2 Å². The standard InChI is InChI=1S/C19H19FN2O2/c1-12-15-7-4-8-17(16(15)9-10-18(12)24-2)21-22-19(23)13-5-3-6-14(20)11-13/h3,5-6,9-11H,4,7-8H2,1-2H3,(H,22,23). The van der Waals surface area contributed by atoms with Crippen molar-refractivity contribution in [2.24, 2.45) is 5.10 Å². The second kappa shape index (κ2) is 6.83. The molecule has 0 saturated heterocycles. The van der Waals surface area contributed by atoms with Crippen LogP contribution in [-0.2, 0) is 6.42 Å². The smallest absolute Gasteiger partial charge is 0.271 e. The molecule has 0 aromatic heterocycles. The molecule has 2 aromatic rings. The van der Waals surface area contributed by atoms with E-state index < -0.39 is 11.7 Å². The lowest BCUT2D eigenvalue weighted by molar-refractivity contribution is 0.0954. The fourth-order valence-electron chi connectivity index (χ4n) is 3.04. The number of benzene rings is 2. The topological polar surface area (TPSA) is 50.7 Å². The Kier molecular flexibility index (Phi) is 4.60. The Morgan fingerprint density at radius 1 is 1.25 bits per heavy atom. The molecule has 0 fully saturated rings. The molecule has 0 unspecified atom stereocenters. The first-order valence-corrected chi connectivity index (χ1v) is 7.89. The highest BCUT2D eigenvalue weighted by atomic mass is 19.1. The van der Waals surface area contributed by atoms with Gasteiger partial charge in [0.25, 0.3) is 5.91 Å². The van der Waals surface area contributed by atoms with Gasteiger partial charge >= 0.3 is 0 Å². The highest BCUT2D eigenvalue weighted by Gasteiger charge is 2.19. The monoisotopic (exact) mass is 326 g/mol. The normalized spacial score (nSPS) is 15.0. The average molecular weight is 326 g/mol. The number of rotatable bonds is 3. The molecule has 124 valence electrons. The molecule has 0 saturated carbocycles. The van der Waals surface area contributed by atoms with Crippen molar-refractivity contribution < 1.29 is 13.9 Å². The minimum atomic E-state index is -0.443. The summed E-state index contributed by atoms with van der Waals surface area (Å²) in [5, 5.41) is 4.28. The molecule has 0 heterocycles. The van der Waals surface area contributed by atoms with E-state index in [9.17, 15) is 9.18 Å². The summed E-state index contributed by atoms with van der Waals surface area (Å²) >= 11 is 0. The first kappa shape index (κ1) is 16.2. The van der Waals surface area contributed by atoms with Gasteiger partial charge in [-0.15, -0.1) is 0 Å². The number of hydrogen-bond donors (Lipinski definition) is 1. The number of nitrogens with zero attached hydrogens (tertiary/aromatic N) is 1. The summed E-state index contributed by atoms with van der Waals surface area (Å²) in [5.41, 5.74) is 6.99. The van der Waals surface area contributed by atoms with Crippen LogP contribution in [0.3, 0.4) is 0 Å². The summed E-state index contributed by atoms with van der Waals surface area (Å²) in [4.78, 5) is 12.1. The van der Waals surface area contributed by atoms with Crippen molar-refractivity contribution in [2.75, 3.05) is 7.11 Å². The van der Waals surface area contributed by atoms with Gasteiger partial charge in [0.1, 0.15) is 11.6 Å². The zero-order chi connectivity index (χ0) is 17.1. The van der Waals surface area contributed by atoms with Crippen molar-refractivity contribution in [3.63, 3.8) is 0 Å². The molecule has 5 heteroatoms. The van der Waals surface area contributed by atoms with Crippen LogP contribution in [0.1, 0.15) is 39.9 Å². The van der Waals surface area contributed by atoms with E-state index in [1.165, 1.54) is 23.8 Å². The largest absolute Gasteiger partial charge is 0.496 e. The third-order valence-corrected chi connectivity index (χ3v) is 4.30. The Bertz CT molecular complexity index is 815. The fraction of sp³-hybridized carbons (Fsp3) is 0.263. The van der Waals surface area contributed by atoms with Crippen LogP contribution < -0.4 is 10.2 Å². The number of hydrazone groups is 1. The number of hydrogen-bond acceptors (Lipinski definition) is 3. The number of carbonyl (C=O) groups excluding carboxylic acids is 1. The van der Waals surface area contributed by atoms with Crippen LogP contribution >= 0.6 is 0 Å². The first-order chi connectivity index (χ1) is 11.6.